The number of sulfonamides is 1. The van der Waals surface area contributed by atoms with E-state index in [0.717, 1.165) is 9.87 Å². The van der Waals surface area contributed by atoms with E-state index in [1.807, 2.05) is 6.92 Å². The second-order valence-corrected chi connectivity index (χ2v) is 8.03. The van der Waals surface area contributed by atoms with Gasteiger partial charge >= 0.3 is 5.97 Å². The van der Waals surface area contributed by atoms with Gasteiger partial charge in [0.1, 0.15) is 5.82 Å². The number of hydrogen-bond donors (Lipinski definition) is 0. The molecule has 0 saturated carbocycles. The van der Waals surface area contributed by atoms with E-state index in [1.165, 1.54) is 43.5 Å². The number of likely N-dealkylation sites (N-methyl/N-ethyl adjacent to an activating group) is 1. The van der Waals surface area contributed by atoms with E-state index in [0.29, 0.717) is 0 Å². The topological polar surface area (TPSA) is 63.7 Å². The van der Waals surface area contributed by atoms with Crippen molar-refractivity contribution in [2.45, 2.75) is 18.7 Å². The molecule has 0 fully saturated rings. The molecule has 2 rings (SSSR count). The lowest BCUT2D eigenvalue weighted by molar-refractivity contribution is -0.138. The quantitative estimate of drug-likeness (QED) is 0.536. The monoisotopic (exact) mass is 391 g/mol. The molecule has 0 aliphatic carbocycles. The third-order valence-electron chi connectivity index (χ3n) is 3.89. The lowest BCUT2D eigenvalue weighted by Gasteiger charge is -2.19. The molecule has 0 heterocycles. The van der Waals surface area contributed by atoms with E-state index in [1.54, 1.807) is 25.1 Å². The molecule has 0 aliphatic rings. The Kier molecular flexibility index (Phi) is 6.87. The molecule has 2 aromatic carbocycles. The normalized spacial score (nSPS) is 12.3. The van der Waals surface area contributed by atoms with E-state index in [9.17, 15) is 17.6 Å². The molecule has 0 saturated heterocycles. The minimum Gasteiger partial charge on any atom is -0.463 e. The van der Waals surface area contributed by atoms with Crippen LogP contribution in [0.15, 0.2) is 59.0 Å². The van der Waals surface area contributed by atoms with Crippen LogP contribution < -0.4 is 0 Å². The molecule has 0 unspecified atom stereocenters. The fourth-order valence-corrected chi connectivity index (χ4v) is 3.54. The summed E-state index contributed by atoms with van der Waals surface area (Å²) in [5, 5.41) is 0. The summed E-state index contributed by atoms with van der Waals surface area (Å²) in [5.41, 5.74) is 1.16. The SMILES string of the molecule is CCOC(=O)/C(=C/c1ccccc1F)CN(C)S(=O)(=O)c1ccc(C)cc1. The lowest BCUT2D eigenvalue weighted by atomic mass is 10.1. The summed E-state index contributed by atoms with van der Waals surface area (Å²) >= 11 is 0. The number of nitrogens with zero attached hydrogens (tertiary/aromatic N) is 1. The highest BCUT2D eigenvalue weighted by Gasteiger charge is 2.24. The zero-order chi connectivity index (χ0) is 20.0. The molecule has 0 bridgehead atoms. The zero-order valence-electron chi connectivity index (χ0n) is 15.5. The van der Waals surface area contributed by atoms with Crippen LogP contribution in [0.5, 0.6) is 0 Å². The van der Waals surface area contributed by atoms with Crippen molar-refractivity contribution in [3.05, 3.63) is 71.0 Å². The molecule has 0 radical (unpaired) electrons. The first-order chi connectivity index (χ1) is 12.8. The van der Waals surface area contributed by atoms with Crippen LogP contribution in [0, 0.1) is 12.7 Å². The Morgan fingerprint density at radius 3 is 2.37 bits per heavy atom. The minimum absolute atomic E-state index is 0.0418. The first kappa shape index (κ1) is 20.8. The van der Waals surface area contributed by atoms with Gasteiger partial charge in [0.15, 0.2) is 0 Å². The van der Waals surface area contributed by atoms with E-state index in [-0.39, 0.29) is 29.2 Å². The van der Waals surface area contributed by atoms with E-state index >= 15 is 0 Å². The minimum atomic E-state index is -3.81. The standard InChI is InChI=1S/C20H22FNO4S/c1-4-26-20(23)17(13-16-7-5-6-8-19(16)21)14-22(3)27(24,25)18-11-9-15(2)10-12-18/h5-13H,4,14H2,1-3H3/b17-13+. The highest BCUT2D eigenvalue weighted by molar-refractivity contribution is 7.89. The van der Waals surface area contributed by atoms with Gasteiger partial charge in [-0.1, -0.05) is 35.9 Å². The van der Waals surface area contributed by atoms with Crippen molar-refractivity contribution in [3.63, 3.8) is 0 Å². The molecule has 7 heteroatoms. The molecule has 27 heavy (non-hydrogen) atoms. The summed E-state index contributed by atoms with van der Waals surface area (Å²) in [6, 6.07) is 12.3. The number of esters is 1. The maximum atomic E-state index is 13.9. The Hall–Kier alpha value is -2.51. The van der Waals surface area contributed by atoms with Crippen LogP contribution >= 0.6 is 0 Å². The molecular formula is C20H22FNO4S. The Balaban J connectivity index is 2.35. The maximum absolute atomic E-state index is 13.9. The molecule has 5 nitrogen and oxygen atoms in total. The molecule has 144 valence electrons. The van der Waals surface area contributed by atoms with Crippen LogP contribution in [0.25, 0.3) is 6.08 Å². The van der Waals surface area contributed by atoms with Crippen molar-refractivity contribution in [2.24, 2.45) is 0 Å². The second kappa shape index (κ2) is 8.92. The smallest absolute Gasteiger partial charge is 0.335 e. The lowest BCUT2D eigenvalue weighted by Crippen LogP contribution is -2.31. The van der Waals surface area contributed by atoms with Crippen LogP contribution in [0.2, 0.25) is 0 Å². The molecule has 0 atom stereocenters. The van der Waals surface area contributed by atoms with Gasteiger partial charge in [-0.05, 0) is 38.1 Å². The molecule has 0 N–H and O–H groups in total. The number of benzene rings is 2. The Labute approximate surface area is 159 Å². The zero-order valence-corrected chi connectivity index (χ0v) is 16.3. The highest BCUT2D eigenvalue weighted by atomic mass is 32.2. The molecule has 0 aliphatic heterocycles. The van der Waals surface area contributed by atoms with E-state index in [2.05, 4.69) is 0 Å². The van der Waals surface area contributed by atoms with Crippen LogP contribution in [0.4, 0.5) is 4.39 Å². The molecule has 0 aromatic heterocycles. The molecule has 0 spiro atoms. The summed E-state index contributed by atoms with van der Waals surface area (Å²) in [7, 11) is -2.45. The van der Waals surface area contributed by atoms with Crippen molar-refractivity contribution < 1.29 is 22.3 Å². The Morgan fingerprint density at radius 1 is 1.15 bits per heavy atom. The van der Waals surface area contributed by atoms with Gasteiger partial charge in [0, 0.05) is 19.2 Å². The van der Waals surface area contributed by atoms with Gasteiger partial charge in [-0.25, -0.2) is 17.6 Å². The number of ether oxygens (including phenoxy) is 1. The van der Waals surface area contributed by atoms with Crippen molar-refractivity contribution in [2.75, 3.05) is 20.2 Å². The first-order valence-electron chi connectivity index (χ1n) is 8.41. The number of aryl methyl sites for hydroxylation is 1. The molecule has 0 amide bonds. The summed E-state index contributed by atoms with van der Waals surface area (Å²) in [6.07, 6.45) is 1.31. The number of carbonyl (C=O) groups is 1. The maximum Gasteiger partial charge on any atom is 0.335 e. The fourth-order valence-electron chi connectivity index (χ4n) is 2.39. The Morgan fingerprint density at radius 2 is 1.78 bits per heavy atom. The van der Waals surface area contributed by atoms with E-state index < -0.39 is 21.8 Å². The summed E-state index contributed by atoms with van der Waals surface area (Å²) < 4.78 is 45.5. The third kappa shape index (κ3) is 5.24. The molecular weight excluding hydrogens is 369 g/mol. The van der Waals surface area contributed by atoms with Gasteiger partial charge in [-0.15, -0.1) is 0 Å². The number of carbonyl (C=O) groups excluding carboxylic acids is 1. The van der Waals surface area contributed by atoms with Crippen molar-refractivity contribution in [1.82, 2.24) is 4.31 Å². The van der Waals surface area contributed by atoms with Crippen molar-refractivity contribution in [3.8, 4) is 0 Å². The van der Waals surface area contributed by atoms with Crippen LogP contribution in [0.3, 0.4) is 0 Å². The average molecular weight is 391 g/mol. The van der Waals surface area contributed by atoms with Gasteiger partial charge < -0.3 is 4.74 Å². The van der Waals surface area contributed by atoms with Crippen LogP contribution in [0.1, 0.15) is 18.1 Å². The van der Waals surface area contributed by atoms with Gasteiger partial charge in [-0.2, -0.15) is 4.31 Å². The summed E-state index contributed by atoms with van der Waals surface area (Å²) in [6.45, 7) is 3.38. The second-order valence-electron chi connectivity index (χ2n) is 5.99. The van der Waals surface area contributed by atoms with Crippen LogP contribution in [-0.2, 0) is 19.6 Å². The Bertz CT molecular complexity index is 937. The number of hydrogen-bond acceptors (Lipinski definition) is 4. The predicted octanol–water partition coefficient (Wildman–Crippen LogP) is 3.40. The summed E-state index contributed by atoms with van der Waals surface area (Å²) in [5.74, 6) is -1.20. The summed E-state index contributed by atoms with van der Waals surface area (Å²) in [4.78, 5) is 12.4. The van der Waals surface area contributed by atoms with Crippen molar-refractivity contribution in [1.29, 1.82) is 0 Å². The van der Waals surface area contributed by atoms with Gasteiger partial charge in [0.25, 0.3) is 0 Å². The van der Waals surface area contributed by atoms with Crippen LogP contribution in [-0.4, -0.2) is 38.9 Å². The highest BCUT2D eigenvalue weighted by Crippen LogP contribution is 2.19. The average Bonchev–Trinajstić information content (AvgIpc) is 2.63. The molecule has 2 aromatic rings. The van der Waals surface area contributed by atoms with Gasteiger partial charge in [0.2, 0.25) is 10.0 Å². The van der Waals surface area contributed by atoms with Gasteiger partial charge in [-0.3, -0.25) is 0 Å². The number of rotatable bonds is 7. The van der Waals surface area contributed by atoms with E-state index in [4.69, 9.17) is 4.74 Å². The fraction of sp³-hybridized carbons (Fsp3) is 0.250. The predicted molar refractivity (Wildman–Crippen MR) is 102 cm³/mol. The van der Waals surface area contributed by atoms with Crippen molar-refractivity contribution >= 4 is 22.1 Å². The first-order valence-corrected chi connectivity index (χ1v) is 9.85. The number of halogens is 1. The van der Waals surface area contributed by atoms with Gasteiger partial charge in [0.05, 0.1) is 17.1 Å². The largest absolute Gasteiger partial charge is 0.463 e. The third-order valence-corrected chi connectivity index (χ3v) is 5.71.